The zero-order valence-corrected chi connectivity index (χ0v) is 17.7. The maximum Gasteiger partial charge on any atom is 0.257 e. The summed E-state index contributed by atoms with van der Waals surface area (Å²) in [6, 6.07) is 13.0. The lowest BCUT2D eigenvalue weighted by molar-refractivity contribution is -0.118. The van der Waals surface area contributed by atoms with Crippen molar-refractivity contribution in [3.8, 4) is 0 Å². The fourth-order valence-corrected chi connectivity index (χ4v) is 2.87. The molecule has 0 unspecified atom stereocenters. The highest BCUT2D eigenvalue weighted by molar-refractivity contribution is 7.80. The summed E-state index contributed by atoms with van der Waals surface area (Å²) < 4.78 is 0. The molecular weight excluding hydrogens is 370 g/mol. The van der Waals surface area contributed by atoms with E-state index in [2.05, 4.69) is 29.8 Å². The minimum Gasteiger partial charge on any atom is -0.332 e. The van der Waals surface area contributed by atoms with E-state index in [-0.39, 0.29) is 28.8 Å². The molecule has 0 saturated carbocycles. The van der Waals surface area contributed by atoms with Gasteiger partial charge in [0.25, 0.3) is 5.91 Å². The van der Waals surface area contributed by atoms with Crippen LogP contribution in [0.15, 0.2) is 42.5 Å². The summed E-state index contributed by atoms with van der Waals surface area (Å²) in [6.07, 6.45) is 0. The van der Waals surface area contributed by atoms with Gasteiger partial charge in [-0.2, -0.15) is 0 Å². The third-order valence-electron chi connectivity index (χ3n) is 4.21. The summed E-state index contributed by atoms with van der Waals surface area (Å²) in [4.78, 5) is 24.6. The predicted molar refractivity (Wildman–Crippen MR) is 119 cm³/mol. The molecule has 148 valence electrons. The van der Waals surface area contributed by atoms with E-state index < -0.39 is 0 Å². The monoisotopic (exact) mass is 397 g/mol. The van der Waals surface area contributed by atoms with Crippen molar-refractivity contribution in [2.75, 3.05) is 10.6 Å². The average Bonchev–Trinajstić information content (AvgIpc) is 2.61. The standard InChI is InChI=1S/C22H27N3O2S/c1-13(2)18-10-9-15(5)11-19(18)21(27)25-22(28)24-17-8-6-7-16(12-17)23-20(26)14(3)4/h6-14H,1-5H3,(H,23,26)(H2,24,25,27,28). The second-order valence-electron chi connectivity index (χ2n) is 7.38. The molecule has 0 aliphatic carbocycles. The molecule has 5 nitrogen and oxygen atoms in total. The number of anilines is 2. The number of carbonyl (C=O) groups is 2. The van der Waals surface area contributed by atoms with Crippen LogP contribution in [0.3, 0.4) is 0 Å². The number of amides is 2. The molecular formula is C22H27N3O2S. The maximum atomic E-state index is 12.7. The first-order valence-corrected chi connectivity index (χ1v) is 9.72. The first-order chi connectivity index (χ1) is 13.2. The van der Waals surface area contributed by atoms with Gasteiger partial charge >= 0.3 is 0 Å². The van der Waals surface area contributed by atoms with Crippen molar-refractivity contribution in [1.29, 1.82) is 0 Å². The second-order valence-corrected chi connectivity index (χ2v) is 7.79. The van der Waals surface area contributed by atoms with Gasteiger partial charge in [-0.05, 0) is 54.9 Å². The van der Waals surface area contributed by atoms with E-state index in [1.807, 2.05) is 45.0 Å². The van der Waals surface area contributed by atoms with Gasteiger partial charge in [-0.3, -0.25) is 14.9 Å². The van der Waals surface area contributed by atoms with E-state index in [9.17, 15) is 9.59 Å². The number of aryl methyl sites for hydroxylation is 1. The van der Waals surface area contributed by atoms with E-state index in [0.717, 1.165) is 11.1 Å². The van der Waals surface area contributed by atoms with Crippen LogP contribution in [0.2, 0.25) is 0 Å². The van der Waals surface area contributed by atoms with Gasteiger partial charge in [0, 0.05) is 22.9 Å². The quantitative estimate of drug-likeness (QED) is 0.632. The number of thiocarbonyl (C=S) groups is 1. The van der Waals surface area contributed by atoms with Crippen molar-refractivity contribution >= 4 is 40.5 Å². The van der Waals surface area contributed by atoms with E-state index in [1.165, 1.54) is 0 Å². The third-order valence-corrected chi connectivity index (χ3v) is 4.42. The van der Waals surface area contributed by atoms with Crippen LogP contribution in [0.25, 0.3) is 0 Å². The van der Waals surface area contributed by atoms with E-state index >= 15 is 0 Å². The molecule has 0 radical (unpaired) electrons. The fourth-order valence-electron chi connectivity index (χ4n) is 2.66. The molecule has 2 rings (SSSR count). The third kappa shape index (κ3) is 5.89. The number of hydrogen-bond acceptors (Lipinski definition) is 3. The van der Waals surface area contributed by atoms with Gasteiger partial charge in [0.15, 0.2) is 5.11 Å². The van der Waals surface area contributed by atoms with E-state index in [1.54, 1.807) is 18.2 Å². The van der Waals surface area contributed by atoms with Crippen LogP contribution in [0.1, 0.15) is 55.1 Å². The van der Waals surface area contributed by atoms with Gasteiger partial charge in [-0.15, -0.1) is 0 Å². The Labute approximate surface area is 171 Å². The Bertz CT molecular complexity index is 891. The van der Waals surface area contributed by atoms with Crippen LogP contribution in [0.4, 0.5) is 11.4 Å². The Morgan fingerprint density at radius 2 is 1.57 bits per heavy atom. The Balaban J connectivity index is 2.08. The lowest BCUT2D eigenvalue weighted by atomic mass is 9.95. The van der Waals surface area contributed by atoms with Crippen molar-refractivity contribution in [2.24, 2.45) is 5.92 Å². The zero-order valence-electron chi connectivity index (χ0n) is 16.9. The zero-order chi connectivity index (χ0) is 20.8. The fraction of sp³-hybridized carbons (Fsp3) is 0.318. The van der Waals surface area contributed by atoms with Crippen LogP contribution >= 0.6 is 12.2 Å². The molecule has 0 saturated heterocycles. The summed E-state index contributed by atoms with van der Waals surface area (Å²) in [5.41, 5.74) is 3.96. The van der Waals surface area contributed by atoms with Gasteiger partial charge in [0.1, 0.15) is 0 Å². The largest absolute Gasteiger partial charge is 0.332 e. The molecule has 0 atom stereocenters. The Morgan fingerprint density at radius 3 is 2.18 bits per heavy atom. The summed E-state index contributed by atoms with van der Waals surface area (Å²) in [5.74, 6) is -0.187. The van der Waals surface area contributed by atoms with Gasteiger partial charge in [-0.1, -0.05) is 51.5 Å². The van der Waals surface area contributed by atoms with Crippen molar-refractivity contribution in [2.45, 2.75) is 40.5 Å². The molecule has 28 heavy (non-hydrogen) atoms. The number of rotatable bonds is 5. The molecule has 0 aromatic heterocycles. The molecule has 6 heteroatoms. The molecule has 0 bridgehead atoms. The molecule has 2 aromatic rings. The summed E-state index contributed by atoms with van der Waals surface area (Å²) >= 11 is 5.30. The minimum atomic E-state index is -0.242. The van der Waals surface area contributed by atoms with Crippen molar-refractivity contribution in [3.63, 3.8) is 0 Å². The summed E-state index contributed by atoms with van der Waals surface area (Å²) in [7, 11) is 0. The van der Waals surface area contributed by atoms with Gasteiger partial charge in [-0.25, -0.2) is 0 Å². The molecule has 2 amide bonds. The number of benzene rings is 2. The molecule has 0 spiro atoms. The molecule has 2 aromatic carbocycles. The van der Waals surface area contributed by atoms with Crippen molar-refractivity contribution in [1.82, 2.24) is 5.32 Å². The smallest absolute Gasteiger partial charge is 0.257 e. The molecule has 0 fully saturated rings. The average molecular weight is 398 g/mol. The molecule has 0 aliphatic heterocycles. The van der Waals surface area contributed by atoms with Crippen LogP contribution in [-0.2, 0) is 4.79 Å². The van der Waals surface area contributed by atoms with Crippen LogP contribution in [0.5, 0.6) is 0 Å². The topological polar surface area (TPSA) is 70.2 Å². The first-order valence-electron chi connectivity index (χ1n) is 9.31. The van der Waals surface area contributed by atoms with E-state index in [4.69, 9.17) is 12.2 Å². The molecule has 0 heterocycles. The van der Waals surface area contributed by atoms with Crippen molar-refractivity contribution in [3.05, 3.63) is 59.2 Å². The lowest BCUT2D eigenvalue weighted by Gasteiger charge is -2.15. The summed E-state index contributed by atoms with van der Waals surface area (Å²) in [5, 5.41) is 8.78. The lowest BCUT2D eigenvalue weighted by Crippen LogP contribution is -2.34. The number of nitrogens with one attached hydrogen (secondary N) is 3. The van der Waals surface area contributed by atoms with Crippen LogP contribution in [0, 0.1) is 12.8 Å². The van der Waals surface area contributed by atoms with Gasteiger partial charge in [0.2, 0.25) is 5.91 Å². The Hall–Kier alpha value is -2.73. The van der Waals surface area contributed by atoms with Crippen LogP contribution < -0.4 is 16.0 Å². The Morgan fingerprint density at radius 1 is 0.929 bits per heavy atom. The van der Waals surface area contributed by atoms with Gasteiger partial charge < -0.3 is 10.6 Å². The highest BCUT2D eigenvalue weighted by Crippen LogP contribution is 2.21. The minimum absolute atomic E-state index is 0.0614. The van der Waals surface area contributed by atoms with Crippen molar-refractivity contribution < 1.29 is 9.59 Å². The highest BCUT2D eigenvalue weighted by Gasteiger charge is 2.15. The molecule has 0 aliphatic rings. The Kier molecular flexibility index (Phi) is 7.29. The van der Waals surface area contributed by atoms with E-state index in [0.29, 0.717) is 16.9 Å². The number of carbonyl (C=O) groups excluding carboxylic acids is 2. The van der Waals surface area contributed by atoms with Crippen LogP contribution in [-0.4, -0.2) is 16.9 Å². The SMILES string of the molecule is Cc1ccc(C(C)C)c(C(=O)NC(=S)Nc2cccc(NC(=O)C(C)C)c2)c1. The highest BCUT2D eigenvalue weighted by atomic mass is 32.1. The second kappa shape index (κ2) is 9.46. The molecule has 3 N–H and O–H groups in total. The van der Waals surface area contributed by atoms with Gasteiger partial charge in [0.05, 0.1) is 0 Å². The first kappa shape index (κ1) is 21.6. The number of hydrogen-bond donors (Lipinski definition) is 3. The predicted octanol–water partition coefficient (Wildman–Crippen LogP) is 4.84. The summed E-state index contributed by atoms with van der Waals surface area (Å²) in [6.45, 7) is 9.72. The normalized spacial score (nSPS) is 10.7. The maximum absolute atomic E-state index is 12.7.